The van der Waals surface area contributed by atoms with Crippen molar-refractivity contribution in [1.82, 2.24) is 0 Å². The second kappa shape index (κ2) is 9.28. The zero-order chi connectivity index (χ0) is 19.8. The normalized spacial score (nSPS) is 10.1. The highest BCUT2D eigenvalue weighted by Crippen LogP contribution is 2.13. The molecule has 0 aliphatic rings. The molecule has 0 fully saturated rings. The minimum absolute atomic E-state index is 0.102. The molecule has 0 aromatic heterocycles. The van der Waals surface area contributed by atoms with Crippen molar-refractivity contribution < 1.29 is 23.9 Å². The molecule has 5 heteroatoms. The zero-order valence-electron chi connectivity index (χ0n) is 15.0. The van der Waals surface area contributed by atoms with Gasteiger partial charge in [0.15, 0.2) is 0 Å². The standard InChI is InChI=1S/C23H18O5/c24-21(18-10-3-1-4-11-18)27-16-15-17-9-7-8-14-20(17)23(26)28-22(25)19-12-5-2-6-13-19/h1-14H,15-16H2. The third kappa shape index (κ3) is 4.92. The van der Waals surface area contributed by atoms with Gasteiger partial charge in [0.2, 0.25) is 0 Å². The molecular formula is C23H18O5. The lowest BCUT2D eigenvalue weighted by Gasteiger charge is -2.09. The first kappa shape index (κ1) is 19.0. The van der Waals surface area contributed by atoms with Crippen LogP contribution in [0.1, 0.15) is 36.6 Å². The van der Waals surface area contributed by atoms with Crippen LogP contribution in [0.5, 0.6) is 0 Å². The van der Waals surface area contributed by atoms with Crippen LogP contribution in [-0.2, 0) is 15.9 Å². The monoisotopic (exact) mass is 374 g/mol. The number of benzene rings is 3. The van der Waals surface area contributed by atoms with Crippen molar-refractivity contribution in [2.45, 2.75) is 6.42 Å². The molecule has 0 saturated carbocycles. The number of carbonyl (C=O) groups excluding carboxylic acids is 3. The van der Waals surface area contributed by atoms with E-state index in [2.05, 4.69) is 0 Å². The summed E-state index contributed by atoms with van der Waals surface area (Å²) in [7, 11) is 0. The maximum atomic E-state index is 12.4. The number of hydrogen-bond donors (Lipinski definition) is 0. The minimum Gasteiger partial charge on any atom is -0.462 e. The van der Waals surface area contributed by atoms with Crippen LogP contribution in [-0.4, -0.2) is 24.5 Å². The van der Waals surface area contributed by atoms with Crippen LogP contribution in [0.15, 0.2) is 84.9 Å². The Morgan fingerprint density at radius 2 is 1.14 bits per heavy atom. The summed E-state index contributed by atoms with van der Waals surface area (Å²) in [5.41, 5.74) is 1.66. The van der Waals surface area contributed by atoms with Gasteiger partial charge in [-0.3, -0.25) is 0 Å². The first-order valence-electron chi connectivity index (χ1n) is 8.77. The van der Waals surface area contributed by atoms with E-state index in [0.717, 1.165) is 0 Å². The Kier molecular flexibility index (Phi) is 6.31. The summed E-state index contributed by atoms with van der Waals surface area (Å²) in [6.07, 6.45) is 0.323. The lowest BCUT2D eigenvalue weighted by atomic mass is 10.1. The summed E-state index contributed by atoms with van der Waals surface area (Å²) in [6, 6.07) is 23.7. The van der Waals surface area contributed by atoms with E-state index in [1.165, 1.54) is 0 Å². The fourth-order valence-corrected chi connectivity index (χ4v) is 2.62. The Morgan fingerprint density at radius 1 is 0.607 bits per heavy atom. The van der Waals surface area contributed by atoms with Crippen LogP contribution in [0.3, 0.4) is 0 Å². The maximum absolute atomic E-state index is 12.4. The van der Waals surface area contributed by atoms with E-state index in [0.29, 0.717) is 23.1 Å². The van der Waals surface area contributed by atoms with E-state index in [4.69, 9.17) is 9.47 Å². The SMILES string of the molecule is O=C(OCCc1ccccc1C(=O)OC(=O)c1ccccc1)c1ccccc1. The molecule has 3 aromatic carbocycles. The Bertz CT molecular complexity index is 965. The molecule has 0 heterocycles. The van der Waals surface area contributed by atoms with Crippen LogP contribution < -0.4 is 0 Å². The predicted molar refractivity (Wildman–Crippen MR) is 103 cm³/mol. The molecule has 0 amide bonds. The smallest absolute Gasteiger partial charge is 0.346 e. The molecule has 0 radical (unpaired) electrons. The first-order valence-corrected chi connectivity index (χ1v) is 8.77. The number of rotatable bonds is 6. The molecule has 0 bridgehead atoms. The third-order valence-corrected chi connectivity index (χ3v) is 4.05. The topological polar surface area (TPSA) is 69.7 Å². The van der Waals surface area contributed by atoms with Crippen molar-refractivity contribution in [2.24, 2.45) is 0 Å². The van der Waals surface area contributed by atoms with Gasteiger partial charge in [-0.25, -0.2) is 14.4 Å². The minimum atomic E-state index is -0.737. The number of carbonyl (C=O) groups is 3. The molecule has 0 unspecified atom stereocenters. The van der Waals surface area contributed by atoms with E-state index in [1.54, 1.807) is 78.9 Å². The third-order valence-electron chi connectivity index (χ3n) is 4.05. The van der Waals surface area contributed by atoms with E-state index in [-0.39, 0.29) is 12.2 Å². The molecule has 0 saturated heterocycles. The molecule has 0 aliphatic heterocycles. The molecule has 0 N–H and O–H groups in total. The van der Waals surface area contributed by atoms with Crippen molar-refractivity contribution in [3.63, 3.8) is 0 Å². The fraction of sp³-hybridized carbons (Fsp3) is 0.0870. The molecule has 0 atom stereocenters. The zero-order valence-corrected chi connectivity index (χ0v) is 15.0. The fourth-order valence-electron chi connectivity index (χ4n) is 2.62. The lowest BCUT2D eigenvalue weighted by Crippen LogP contribution is -2.15. The van der Waals surface area contributed by atoms with Gasteiger partial charge in [0.25, 0.3) is 0 Å². The van der Waals surface area contributed by atoms with Gasteiger partial charge in [-0.2, -0.15) is 0 Å². The average Bonchev–Trinajstić information content (AvgIpc) is 2.75. The van der Waals surface area contributed by atoms with Crippen LogP contribution in [0.4, 0.5) is 0 Å². The molecule has 0 aliphatic carbocycles. The molecular weight excluding hydrogens is 356 g/mol. The van der Waals surface area contributed by atoms with Crippen molar-refractivity contribution in [3.8, 4) is 0 Å². The second-order valence-corrected chi connectivity index (χ2v) is 5.95. The maximum Gasteiger partial charge on any atom is 0.346 e. The van der Waals surface area contributed by atoms with Gasteiger partial charge < -0.3 is 9.47 Å². The Morgan fingerprint density at radius 3 is 1.79 bits per heavy atom. The summed E-state index contributed by atoms with van der Waals surface area (Å²) < 4.78 is 10.2. The van der Waals surface area contributed by atoms with E-state index in [1.807, 2.05) is 6.07 Å². The van der Waals surface area contributed by atoms with Crippen LogP contribution in [0.2, 0.25) is 0 Å². The Labute approximate surface area is 162 Å². The Balaban J connectivity index is 1.62. The largest absolute Gasteiger partial charge is 0.462 e. The van der Waals surface area contributed by atoms with Gasteiger partial charge >= 0.3 is 17.9 Å². The lowest BCUT2D eigenvalue weighted by molar-refractivity contribution is 0.0397. The first-order chi connectivity index (χ1) is 13.6. The molecule has 3 rings (SSSR count). The van der Waals surface area contributed by atoms with Gasteiger partial charge in [-0.1, -0.05) is 54.6 Å². The van der Waals surface area contributed by atoms with Crippen LogP contribution in [0, 0.1) is 0 Å². The van der Waals surface area contributed by atoms with Gasteiger partial charge in [0.05, 0.1) is 23.3 Å². The van der Waals surface area contributed by atoms with Crippen molar-refractivity contribution >= 4 is 17.9 Å². The molecule has 5 nitrogen and oxygen atoms in total. The molecule has 0 spiro atoms. The van der Waals surface area contributed by atoms with Gasteiger partial charge in [0, 0.05) is 6.42 Å². The quantitative estimate of drug-likeness (QED) is 0.480. The predicted octanol–water partition coefficient (Wildman–Crippen LogP) is 4.08. The van der Waals surface area contributed by atoms with Gasteiger partial charge in [-0.15, -0.1) is 0 Å². The average molecular weight is 374 g/mol. The van der Waals surface area contributed by atoms with Gasteiger partial charge in [-0.05, 0) is 35.9 Å². The van der Waals surface area contributed by atoms with Crippen molar-refractivity contribution in [2.75, 3.05) is 6.61 Å². The van der Waals surface area contributed by atoms with Crippen molar-refractivity contribution in [3.05, 3.63) is 107 Å². The molecule has 3 aromatic rings. The summed E-state index contributed by atoms with van der Waals surface area (Å²) in [5.74, 6) is -1.88. The van der Waals surface area contributed by atoms with Gasteiger partial charge in [0.1, 0.15) is 0 Å². The second-order valence-electron chi connectivity index (χ2n) is 5.95. The highest BCUT2D eigenvalue weighted by molar-refractivity contribution is 6.03. The molecule has 28 heavy (non-hydrogen) atoms. The molecule has 140 valence electrons. The van der Waals surface area contributed by atoms with E-state index < -0.39 is 17.9 Å². The summed E-state index contributed by atoms with van der Waals surface area (Å²) in [4.78, 5) is 36.5. The van der Waals surface area contributed by atoms with Crippen LogP contribution >= 0.6 is 0 Å². The number of hydrogen-bond acceptors (Lipinski definition) is 5. The van der Waals surface area contributed by atoms with E-state index >= 15 is 0 Å². The van der Waals surface area contributed by atoms with E-state index in [9.17, 15) is 14.4 Å². The number of ether oxygens (including phenoxy) is 2. The Hall–Kier alpha value is -3.73. The highest BCUT2D eigenvalue weighted by Gasteiger charge is 2.18. The van der Waals surface area contributed by atoms with Crippen molar-refractivity contribution in [1.29, 1.82) is 0 Å². The summed E-state index contributed by atoms with van der Waals surface area (Å²) in [5, 5.41) is 0. The summed E-state index contributed by atoms with van der Waals surface area (Å²) >= 11 is 0. The number of esters is 3. The summed E-state index contributed by atoms with van der Waals surface area (Å²) in [6.45, 7) is 0.102. The van der Waals surface area contributed by atoms with Crippen LogP contribution in [0.25, 0.3) is 0 Å². The highest BCUT2D eigenvalue weighted by atomic mass is 16.6.